The molecule has 0 unspecified atom stereocenters. The summed E-state index contributed by atoms with van der Waals surface area (Å²) in [6, 6.07) is 10.9. The normalized spacial score (nSPS) is 10.8. The van der Waals surface area contributed by atoms with E-state index in [4.69, 9.17) is 43.3 Å². The first-order valence-electron chi connectivity index (χ1n) is 12.1. The van der Waals surface area contributed by atoms with Crippen LogP contribution in [0.25, 0.3) is 0 Å². The first-order valence-corrected chi connectivity index (χ1v) is 12.8. The molecule has 2 aromatic rings. The van der Waals surface area contributed by atoms with Gasteiger partial charge >= 0.3 is 0 Å². The lowest BCUT2D eigenvalue weighted by Crippen LogP contribution is -2.12. The molecule has 2 rings (SSSR count). The van der Waals surface area contributed by atoms with E-state index in [9.17, 15) is 0 Å². The lowest BCUT2D eigenvalue weighted by molar-refractivity contribution is 0.217. The van der Waals surface area contributed by atoms with Crippen LogP contribution in [-0.4, -0.2) is 19.8 Å². The standard InChI is InChI=1S/C26H38Cl2N2O3/c1-2-3-4-5-6-7-8-9-10-13-16-31-21-19-22(27)26(23(28)20-21)33-18-17-32-25-15-12-11-14-24(25)30-29/h11-12,14-15,19-20,30H,2-10,13,16-18,29H2,1H3. The number of hydrogen-bond acceptors (Lipinski definition) is 5. The molecule has 184 valence electrons. The van der Waals surface area contributed by atoms with Crippen molar-refractivity contribution in [2.24, 2.45) is 5.84 Å². The number of para-hydroxylation sites is 2. The molecular weight excluding hydrogens is 459 g/mol. The molecule has 0 aliphatic heterocycles. The van der Waals surface area contributed by atoms with Gasteiger partial charge < -0.3 is 19.6 Å². The molecule has 5 nitrogen and oxygen atoms in total. The van der Waals surface area contributed by atoms with Crippen LogP contribution in [0.2, 0.25) is 10.0 Å². The average molecular weight is 498 g/mol. The van der Waals surface area contributed by atoms with Crippen LogP contribution >= 0.6 is 23.2 Å². The monoisotopic (exact) mass is 496 g/mol. The summed E-state index contributed by atoms with van der Waals surface area (Å²) in [5, 5.41) is 0.842. The molecule has 0 heterocycles. The van der Waals surface area contributed by atoms with Crippen LogP contribution in [0.1, 0.15) is 71.1 Å². The third-order valence-corrected chi connectivity index (χ3v) is 5.93. The second-order valence-corrected chi connectivity index (χ2v) is 8.90. The molecule has 0 radical (unpaired) electrons. The molecule has 0 saturated carbocycles. The fourth-order valence-electron chi connectivity index (χ4n) is 3.54. The van der Waals surface area contributed by atoms with Gasteiger partial charge in [-0.2, -0.15) is 0 Å². The van der Waals surface area contributed by atoms with Crippen molar-refractivity contribution in [2.45, 2.75) is 71.1 Å². The number of anilines is 1. The van der Waals surface area contributed by atoms with Crippen LogP contribution in [0.15, 0.2) is 36.4 Å². The molecule has 0 fully saturated rings. The number of unbranched alkanes of at least 4 members (excludes halogenated alkanes) is 9. The Morgan fingerprint density at radius 3 is 1.94 bits per heavy atom. The molecule has 7 heteroatoms. The topological polar surface area (TPSA) is 65.7 Å². The molecular formula is C26H38Cl2N2O3. The first kappa shape index (κ1) is 27.4. The summed E-state index contributed by atoms with van der Waals surface area (Å²) in [4.78, 5) is 0. The van der Waals surface area contributed by atoms with Gasteiger partial charge in [0.25, 0.3) is 0 Å². The van der Waals surface area contributed by atoms with Gasteiger partial charge in [-0.3, -0.25) is 5.84 Å². The minimum absolute atomic E-state index is 0.289. The van der Waals surface area contributed by atoms with Gasteiger partial charge in [0.05, 0.1) is 22.3 Å². The lowest BCUT2D eigenvalue weighted by atomic mass is 10.1. The molecule has 2 aromatic carbocycles. The summed E-state index contributed by atoms with van der Waals surface area (Å²) in [6.07, 6.45) is 12.9. The van der Waals surface area contributed by atoms with Gasteiger partial charge in [-0.1, -0.05) is 100 Å². The van der Waals surface area contributed by atoms with E-state index in [2.05, 4.69) is 12.3 Å². The predicted octanol–water partition coefficient (Wildman–Crippen LogP) is 8.04. The molecule has 0 bridgehead atoms. The van der Waals surface area contributed by atoms with Crippen molar-refractivity contribution in [3.8, 4) is 17.2 Å². The molecule has 0 spiro atoms. The van der Waals surface area contributed by atoms with Crippen LogP contribution < -0.4 is 25.5 Å². The summed E-state index contributed by atoms with van der Waals surface area (Å²) in [6.45, 7) is 3.53. The van der Waals surface area contributed by atoms with Crippen molar-refractivity contribution >= 4 is 28.9 Å². The zero-order chi connectivity index (χ0) is 23.7. The second-order valence-electron chi connectivity index (χ2n) is 8.08. The highest BCUT2D eigenvalue weighted by Gasteiger charge is 2.11. The Hall–Kier alpha value is -1.82. The van der Waals surface area contributed by atoms with Crippen molar-refractivity contribution in [2.75, 3.05) is 25.2 Å². The van der Waals surface area contributed by atoms with Crippen molar-refractivity contribution < 1.29 is 14.2 Å². The summed E-state index contributed by atoms with van der Waals surface area (Å²) < 4.78 is 17.3. The Balaban J connectivity index is 1.62. The number of ether oxygens (including phenoxy) is 3. The van der Waals surface area contributed by atoms with Crippen LogP contribution in [0.3, 0.4) is 0 Å². The van der Waals surface area contributed by atoms with Crippen molar-refractivity contribution in [3.63, 3.8) is 0 Å². The summed E-state index contributed by atoms with van der Waals surface area (Å²) in [7, 11) is 0. The second kappa shape index (κ2) is 16.7. The number of nitrogen functional groups attached to an aromatic ring is 1. The van der Waals surface area contributed by atoms with E-state index in [0.717, 1.165) is 6.42 Å². The Morgan fingerprint density at radius 2 is 1.30 bits per heavy atom. The average Bonchev–Trinajstić information content (AvgIpc) is 2.81. The largest absolute Gasteiger partial charge is 0.493 e. The maximum atomic E-state index is 6.36. The number of nitrogens with two attached hydrogens (primary N) is 1. The highest BCUT2D eigenvalue weighted by molar-refractivity contribution is 6.37. The van der Waals surface area contributed by atoms with E-state index in [1.54, 1.807) is 12.1 Å². The predicted molar refractivity (Wildman–Crippen MR) is 139 cm³/mol. The lowest BCUT2D eigenvalue weighted by Gasteiger charge is -2.14. The molecule has 0 aliphatic rings. The van der Waals surface area contributed by atoms with Crippen LogP contribution in [0, 0.1) is 0 Å². The fourth-order valence-corrected chi connectivity index (χ4v) is 4.12. The van der Waals surface area contributed by atoms with Gasteiger partial charge in [0.15, 0.2) is 5.75 Å². The molecule has 0 aliphatic carbocycles. The van der Waals surface area contributed by atoms with Gasteiger partial charge in [0.1, 0.15) is 24.7 Å². The third-order valence-electron chi connectivity index (χ3n) is 5.37. The van der Waals surface area contributed by atoms with Crippen LogP contribution in [0.4, 0.5) is 5.69 Å². The van der Waals surface area contributed by atoms with Crippen molar-refractivity contribution in [1.29, 1.82) is 0 Å². The van der Waals surface area contributed by atoms with Crippen molar-refractivity contribution in [1.82, 2.24) is 0 Å². The van der Waals surface area contributed by atoms with Gasteiger partial charge in [0.2, 0.25) is 0 Å². The molecule has 0 amide bonds. The van der Waals surface area contributed by atoms with E-state index in [1.165, 1.54) is 57.8 Å². The van der Waals surface area contributed by atoms with Crippen LogP contribution in [0.5, 0.6) is 17.2 Å². The maximum absolute atomic E-state index is 6.36. The number of hydrogen-bond donors (Lipinski definition) is 2. The fraction of sp³-hybridized carbons (Fsp3) is 0.538. The van der Waals surface area contributed by atoms with Crippen molar-refractivity contribution in [3.05, 3.63) is 46.4 Å². The zero-order valence-electron chi connectivity index (χ0n) is 19.7. The number of nitrogens with one attached hydrogen (secondary N) is 1. The first-order chi connectivity index (χ1) is 16.2. The van der Waals surface area contributed by atoms with E-state index in [0.29, 0.717) is 46.2 Å². The maximum Gasteiger partial charge on any atom is 0.156 e. The molecule has 0 aromatic heterocycles. The molecule has 0 saturated heterocycles. The summed E-state index contributed by atoms with van der Waals surface area (Å²) >= 11 is 12.7. The number of rotatable bonds is 18. The Kier molecular flexibility index (Phi) is 13.9. The minimum atomic E-state index is 0.289. The molecule has 0 atom stereocenters. The minimum Gasteiger partial charge on any atom is -0.493 e. The Morgan fingerprint density at radius 1 is 0.727 bits per heavy atom. The highest BCUT2D eigenvalue weighted by Crippen LogP contribution is 2.37. The van der Waals surface area contributed by atoms with Gasteiger partial charge in [-0.05, 0) is 18.6 Å². The SMILES string of the molecule is CCCCCCCCCCCCOc1cc(Cl)c(OCCOc2ccccc2NN)c(Cl)c1. The smallest absolute Gasteiger partial charge is 0.156 e. The molecule has 33 heavy (non-hydrogen) atoms. The van der Waals surface area contributed by atoms with E-state index < -0.39 is 0 Å². The van der Waals surface area contributed by atoms with Gasteiger partial charge in [-0.15, -0.1) is 0 Å². The number of hydrazine groups is 1. The Labute approximate surface area is 208 Å². The third kappa shape index (κ3) is 10.8. The Bertz CT molecular complexity index is 782. The summed E-state index contributed by atoms with van der Waals surface area (Å²) in [5.41, 5.74) is 3.30. The highest BCUT2D eigenvalue weighted by atomic mass is 35.5. The quantitative estimate of drug-likeness (QED) is 0.124. The van der Waals surface area contributed by atoms with Gasteiger partial charge in [-0.25, -0.2) is 0 Å². The van der Waals surface area contributed by atoms with E-state index in [-0.39, 0.29) is 6.61 Å². The van der Waals surface area contributed by atoms with Crippen LogP contribution in [-0.2, 0) is 0 Å². The summed E-state index contributed by atoms with van der Waals surface area (Å²) in [5.74, 6) is 7.22. The molecule has 3 N–H and O–H groups in total. The van der Waals surface area contributed by atoms with Gasteiger partial charge in [0, 0.05) is 12.1 Å². The van der Waals surface area contributed by atoms with E-state index >= 15 is 0 Å². The number of benzene rings is 2. The van der Waals surface area contributed by atoms with E-state index in [1.807, 2.05) is 24.3 Å². The number of halogens is 2. The zero-order valence-corrected chi connectivity index (χ0v) is 21.2.